The second-order valence-corrected chi connectivity index (χ2v) is 3.58. The zero-order valence-corrected chi connectivity index (χ0v) is 8.62. The number of hydrogen-bond acceptors (Lipinski definition) is 3. The number of anilines is 1. The topological polar surface area (TPSA) is 59.1 Å². The molecule has 0 spiro atoms. The summed E-state index contributed by atoms with van der Waals surface area (Å²) in [7, 11) is 0. The summed E-state index contributed by atoms with van der Waals surface area (Å²) in [5.41, 5.74) is 5.70. The number of nitrogens with zero attached hydrogens (tertiary/aromatic N) is 1. The van der Waals surface area contributed by atoms with Gasteiger partial charge in [-0.3, -0.25) is 4.98 Å². The first-order valence-electron chi connectivity index (χ1n) is 4.78. The fraction of sp³-hybridized carbons (Fsp3) is 0.182. The van der Waals surface area contributed by atoms with Crippen LogP contribution in [0.15, 0.2) is 24.4 Å². The number of rotatable bonds is 1. The van der Waals surface area contributed by atoms with Crippen molar-refractivity contribution in [3.8, 4) is 0 Å². The highest BCUT2D eigenvalue weighted by Gasteiger charge is 2.30. The zero-order valence-electron chi connectivity index (χ0n) is 8.62. The van der Waals surface area contributed by atoms with Gasteiger partial charge >= 0.3 is 6.18 Å². The van der Waals surface area contributed by atoms with E-state index in [9.17, 15) is 13.2 Å². The van der Waals surface area contributed by atoms with Crippen LogP contribution >= 0.6 is 0 Å². The van der Waals surface area contributed by atoms with E-state index < -0.39 is 11.7 Å². The second-order valence-electron chi connectivity index (χ2n) is 3.58. The van der Waals surface area contributed by atoms with Gasteiger partial charge in [0.15, 0.2) is 0 Å². The Balaban J connectivity index is 2.71. The van der Waals surface area contributed by atoms with Gasteiger partial charge in [0, 0.05) is 22.8 Å². The average Bonchev–Trinajstić information content (AvgIpc) is 2.28. The molecule has 0 aliphatic rings. The molecule has 0 amide bonds. The Bertz CT molecular complexity index is 566. The highest BCUT2D eigenvalue weighted by atomic mass is 19.4. The highest BCUT2D eigenvalue weighted by Crippen LogP contribution is 2.33. The van der Waals surface area contributed by atoms with Crippen molar-refractivity contribution < 1.29 is 18.3 Å². The van der Waals surface area contributed by atoms with E-state index in [0.29, 0.717) is 11.1 Å². The first-order valence-corrected chi connectivity index (χ1v) is 4.78. The van der Waals surface area contributed by atoms with Crippen molar-refractivity contribution in [3.63, 3.8) is 0 Å². The number of fused-ring (bicyclic) bond motifs is 1. The van der Waals surface area contributed by atoms with Crippen molar-refractivity contribution in [1.82, 2.24) is 4.98 Å². The van der Waals surface area contributed by atoms with Crippen LogP contribution in [0.4, 0.5) is 18.9 Å². The summed E-state index contributed by atoms with van der Waals surface area (Å²) in [6, 6.07) is 3.15. The minimum Gasteiger partial charge on any atom is -0.398 e. The summed E-state index contributed by atoms with van der Waals surface area (Å²) >= 11 is 0. The summed E-state index contributed by atoms with van der Waals surface area (Å²) < 4.78 is 37.6. The van der Waals surface area contributed by atoms with Gasteiger partial charge < -0.3 is 10.8 Å². The van der Waals surface area contributed by atoms with E-state index >= 15 is 0 Å². The minimum atomic E-state index is -4.42. The van der Waals surface area contributed by atoms with E-state index in [2.05, 4.69) is 4.98 Å². The lowest BCUT2D eigenvalue weighted by Gasteiger charge is -2.10. The Labute approximate surface area is 94.7 Å². The molecule has 1 aromatic carbocycles. The maximum atomic E-state index is 12.5. The van der Waals surface area contributed by atoms with Crippen molar-refractivity contribution in [1.29, 1.82) is 0 Å². The summed E-state index contributed by atoms with van der Waals surface area (Å²) in [5, 5.41) is 9.17. The van der Waals surface area contributed by atoms with Gasteiger partial charge in [-0.25, -0.2) is 0 Å². The number of halogens is 3. The Hall–Kier alpha value is -1.82. The third kappa shape index (κ3) is 2.03. The standard InChI is InChI=1S/C11H9F3N2O/c12-11(13,14)7-1-2-9-8(3-7)10(15)6(5-17)4-16-9/h1-4,17H,5H2,(H2,15,16). The molecular formula is C11H9F3N2O. The Kier molecular flexibility index (Phi) is 2.66. The molecule has 17 heavy (non-hydrogen) atoms. The van der Waals surface area contributed by atoms with E-state index in [1.807, 2.05) is 0 Å². The second kappa shape index (κ2) is 3.89. The fourth-order valence-corrected chi connectivity index (χ4v) is 1.56. The molecule has 90 valence electrons. The molecule has 1 aromatic heterocycles. The number of hydrogen-bond donors (Lipinski definition) is 2. The van der Waals surface area contributed by atoms with Crippen LogP contribution in [0.3, 0.4) is 0 Å². The predicted molar refractivity (Wildman–Crippen MR) is 57.1 cm³/mol. The van der Waals surface area contributed by atoms with Crippen LogP contribution in [0, 0.1) is 0 Å². The van der Waals surface area contributed by atoms with Gasteiger partial charge in [-0.15, -0.1) is 0 Å². The number of aliphatic hydroxyl groups is 1. The molecule has 6 heteroatoms. The highest BCUT2D eigenvalue weighted by molar-refractivity contribution is 5.92. The Morgan fingerprint density at radius 1 is 1.29 bits per heavy atom. The zero-order chi connectivity index (χ0) is 12.6. The molecule has 0 fully saturated rings. The summed E-state index contributed by atoms with van der Waals surface area (Å²) in [4.78, 5) is 3.93. The van der Waals surface area contributed by atoms with Crippen LogP contribution in [0.25, 0.3) is 10.9 Å². The lowest BCUT2D eigenvalue weighted by atomic mass is 10.1. The van der Waals surface area contributed by atoms with Gasteiger partial charge in [0.05, 0.1) is 17.7 Å². The molecule has 0 aliphatic carbocycles. The van der Waals surface area contributed by atoms with Crippen LogP contribution < -0.4 is 5.73 Å². The number of alkyl halides is 3. The molecule has 1 heterocycles. The predicted octanol–water partition coefficient (Wildman–Crippen LogP) is 2.33. The van der Waals surface area contributed by atoms with Crippen molar-refractivity contribution in [2.24, 2.45) is 0 Å². The maximum Gasteiger partial charge on any atom is 0.416 e. The first-order chi connectivity index (χ1) is 7.93. The normalized spacial score (nSPS) is 12.0. The SMILES string of the molecule is Nc1c(CO)cnc2ccc(C(F)(F)F)cc12. The summed E-state index contributed by atoms with van der Waals surface area (Å²) in [5.74, 6) is 0. The van der Waals surface area contributed by atoms with Gasteiger partial charge in [0.2, 0.25) is 0 Å². The minimum absolute atomic E-state index is 0.128. The number of benzene rings is 1. The number of pyridine rings is 1. The van der Waals surface area contributed by atoms with Crippen LogP contribution in [0.2, 0.25) is 0 Å². The molecule has 2 rings (SSSR count). The number of nitrogen functional groups attached to an aromatic ring is 1. The lowest BCUT2D eigenvalue weighted by Crippen LogP contribution is -2.05. The Morgan fingerprint density at radius 3 is 2.59 bits per heavy atom. The van der Waals surface area contributed by atoms with Gasteiger partial charge in [-0.05, 0) is 18.2 Å². The average molecular weight is 242 g/mol. The molecule has 0 radical (unpaired) electrons. The van der Waals surface area contributed by atoms with Gasteiger partial charge in [-0.1, -0.05) is 0 Å². The maximum absolute atomic E-state index is 12.5. The van der Waals surface area contributed by atoms with E-state index in [4.69, 9.17) is 10.8 Å². The molecular weight excluding hydrogens is 233 g/mol. The molecule has 0 saturated carbocycles. The molecule has 0 saturated heterocycles. The smallest absolute Gasteiger partial charge is 0.398 e. The van der Waals surface area contributed by atoms with Crippen LogP contribution in [0.5, 0.6) is 0 Å². The van der Waals surface area contributed by atoms with E-state index in [1.54, 1.807) is 0 Å². The summed E-state index contributed by atoms with van der Waals surface area (Å²) in [6.07, 6.45) is -3.07. The third-order valence-corrected chi connectivity index (χ3v) is 2.49. The van der Waals surface area contributed by atoms with Crippen molar-refractivity contribution in [2.45, 2.75) is 12.8 Å². The largest absolute Gasteiger partial charge is 0.416 e. The van der Waals surface area contributed by atoms with E-state index in [-0.39, 0.29) is 17.7 Å². The van der Waals surface area contributed by atoms with Crippen molar-refractivity contribution in [3.05, 3.63) is 35.5 Å². The molecule has 0 bridgehead atoms. The molecule has 3 N–H and O–H groups in total. The molecule has 2 aromatic rings. The van der Waals surface area contributed by atoms with Gasteiger partial charge in [-0.2, -0.15) is 13.2 Å². The quantitative estimate of drug-likeness (QED) is 0.806. The van der Waals surface area contributed by atoms with Crippen molar-refractivity contribution in [2.75, 3.05) is 5.73 Å². The summed E-state index contributed by atoms with van der Waals surface area (Å²) in [6.45, 7) is -0.356. The number of nitrogens with two attached hydrogens (primary N) is 1. The van der Waals surface area contributed by atoms with Gasteiger partial charge in [0.25, 0.3) is 0 Å². The van der Waals surface area contributed by atoms with E-state index in [1.165, 1.54) is 12.3 Å². The first kappa shape index (κ1) is 11.7. The Morgan fingerprint density at radius 2 is 2.00 bits per heavy atom. The van der Waals surface area contributed by atoms with E-state index in [0.717, 1.165) is 12.1 Å². The lowest BCUT2D eigenvalue weighted by molar-refractivity contribution is -0.137. The van der Waals surface area contributed by atoms with Crippen LogP contribution in [0.1, 0.15) is 11.1 Å². The van der Waals surface area contributed by atoms with Gasteiger partial charge in [0.1, 0.15) is 0 Å². The van der Waals surface area contributed by atoms with Crippen LogP contribution in [-0.4, -0.2) is 10.1 Å². The monoisotopic (exact) mass is 242 g/mol. The number of aliphatic hydroxyl groups excluding tert-OH is 1. The number of aromatic nitrogens is 1. The molecule has 0 atom stereocenters. The third-order valence-electron chi connectivity index (χ3n) is 2.49. The molecule has 0 aliphatic heterocycles. The van der Waals surface area contributed by atoms with Crippen molar-refractivity contribution >= 4 is 16.6 Å². The van der Waals surface area contributed by atoms with Crippen LogP contribution in [-0.2, 0) is 12.8 Å². The molecule has 3 nitrogen and oxygen atoms in total. The fourth-order valence-electron chi connectivity index (χ4n) is 1.56. The molecule has 0 unspecified atom stereocenters.